The quantitative estimate of drug-likeness (QED) is 0.781. The van der Waals surface area contributed by atoms with Crippen molar-refractivity contribution in [2.75, 3.05) is 4.90 Å². The largest absolute Gasteiger partial charge is 0.372 e. The van der Waals surface area contributed by atoms with Crippen molar-refractivity contribution in [3.63, 3.8) is 0 Å². The summed E-state index contributed by atoms with van der Waals surface area (Å²) in [7, 11) is 0. The van der Waals surface area contributed by atoms with E-state index >= 15 is 0 Å². The van der Waals surface area contributed by atoms with Crippen LogP contribution < -0.4 is 4.90 Å². The van der Waals surface area contributed by atoms with Gasteiger partial charge in [-0.05, 0) is 35.9 Å². The van der Waals surface area contributed by atoms with Gasteiger partial charge in [-0.2, -0.15) is 0 Å². The summed E-state index contributed by atoms with van der Waals surface area (Å²) in [5.41, 5.74) is -0.319. The van der Waals surface area contributed by atoms with Crippen molar-refractivity contribution in [2.45, 2.75) is 12.1 Å². The van der Waals surface area contributed by atoms with Crippen LogP contribution in [-0.2, 0) is 16.9 Å². The number of halogens is 2. The number of carbonyl (C=O) groups excluding carboxylic acids is 1. The third-order valence-electron chi connectivity index (χ3n) is 4.61. The first-order chi connectivity index (χ1) is 12.5. The van der Waals surface area contributed by atoms with Crippen LogP contribution in [0, 0.1) is 11.6 Å². The molecule has 1 heterocycles. The Kier molecular flexibility index (Phi) is 3.81. The Balaban J connectivity index is 1.83. The van der Waals surface area contributed by atoms with Crippen molar-refractivity contribution < 1.29 is 18.7 Å². The maximum atomic E-state index is 13.7. The Morgan fingerprint density at radius 2 is 1.58 bits per heavy atom. The Bertz CT molecular complexity index is 1000. The summed E-state index contributed by atoms with van der Waals surface area (Å²) in [6.07, 6.45) is 0. The first kappa shape index (κ1) is 16.4. The lowest BCUT2D eigenvalue weighted by atomic mass is 9.87. The van der Waals surface area contributed by atoms with E-state index in [1.54, 1.807) is 36.4 Å². The SMILES string of the molecule is O=C1N(Cc2cccc(F)c2)c2ccccc2[C@@]1(O)c1cccc(F)c1. The predicted octanol–water partition coefficient (Wildman–Crippen LogP) is 3.75. The van der Waals surface area contributed by atoms with Crippen LogP contribution in [0.1, 0.15) is 16.7 Å². The highest BCUT2D eigenvalue weighted by Crippen LogP contribution is 2.44. The molecule has 0 fully saturated rings. The van der Waals surface area contributed by atoms with Crippen molar-refractivity contribution >= 4 is 11.6 Å². The normalized spacial score (nSPS) is 18.9. The van der Waals surface area contributed by atoms with Gasteiger partial charge in [-0.25, -0.2) is 8.78 Å². The van der Waals surface area contributed by atoms with Crippen molar-refractivity contribution in [1.29, 1.82) is 0 Å². The monoisotopic (exact) mass is 351 g/mol. The van der Waals surface area contributed by atoms with Gasteiger partial charge in [0, 0.05) is 11.1 Å². The van der Waals surface area contributed by atoms with E-state index in [0.29, 0.717) is 16.8 Å². The molecule has 0 saturated carbocycles. The summed E-state index contributed by atoms with van der Waals surface area (Å²) < 4.78 is 27.2. The zero-order valence-corrected chi connectivity index (χ0v) is 13.7. The summed E-state index contributed by atoms with van der Waals surface area (Å²) in [5, 5.41) is 11.3. The molecule has 0 unspecified atom stereocenters. The molecule has 130 valence electrons. The third kappa shape index (κ3) is 2.48. The molecule has 0 radical (unpaired) electrons. The summed E-state index contributed by atoms with van der Waals surface area (Å²) in [6, 6.07) is 18.1. The van der Waals surface area contributed by atoms with Gasteiger partial charge in [-0.1, -0.05) is 42.5 Å². The Hall–Kier alpha value is -3.05. The summed E-state index contributed by atoms with van der Waals surface area (Å²) in [6.45, 7) is 0.102. The second-order valence-corrected chi connectivity index (χ2v) is 6.26. The van der Waals surface area contributed by atoms with Crippen molar-refractivity contribution in [2.24, 2.45) is 0 Å². The van der Waals surface area contributed by atoms with Crippen molar-refractivity contribution in [3.8, 4) is 0 Å². The van der Waals surface area contributed by atoms with Gasteiger partial charge in [0.1, 0.15) is 11.6 Å². The van der Waals surface area contributed by atoms with Crippen LogP contribution in [0.5, 0.6) is 0 Å². The molecule has 3 nitrogen and oxygen atoms in total. The minimum atomic E-state index is -1.98. The van der Waals surface area contributed by atoms with E-state index in [-0.39, 0.29) is 12.1 Å². The number of carbonyl (C=O) groups is 1. The van der Waals surface area contributed by atoms with Gasteiger partial charge in [0.15, 0.2) is 5.60 Å². The van der Waals surface area contributed by atoms with Crippen LogP contribution >= 0.6 is 0 Å². The van der Waals surface area contributed by atoms with Crippen molar-refractivity contribution in [3.05, 3.63) is 101 Å². The van der Waals surface area contributed by atoms with E-state index < -0.39 is 23.1 Å². The minimum Gasteiger partial charge on any atom is -0.372 e. The molecule has 1 amide bonds. The molecular weight excluding hydrogens is 336 g/mol. The van der Waals surface area contributed by atoms with Gasteiger partial charge in [0.25, 0.3) is 5.91 Å². The smallest absolute Gasteiger partial charge is 0.268 e. The highest BCUT2D eigenvalue weighted by Gasteiger charge is 2.51. The van der Waals surface area contributed by atoms with Crippen LogP contribution in [0.3, 0.4) is 0 Å². The maximum Gasteiger partial charge on any atom is 0.268 e. The molecule has 0 spiro atoms. The van der Waals surface area contributed by atoms with Crippen LogP contribution in [-0.4, -0.2) is 11.0 Å². The van der Waals surface area contributed by atoms with Gasteiger partial charge in [0.2, 0.25) is 0 Å². The molecule has 1 N–H and O–H groups in total. The zero-order chi connectivity index (χ0) is 18.3. The number of hydrogen-bond acceptors (Lipinski definition) is 2. The lowest BCUT2D eigenvalue weighted by molar-refractivity contribution is -0.132. The second kappa shape index (κ2) is 6.04. The number of fused-ring (bicyclic) bond motifs is 1. The van der Waals surface area contributed by atoms with E-state index in [2.05, 4.69) is 0 Å². The van der Waals surface area contributed by atoms with Gasteiger partial charge >= 0.3 is 0 Å². The molecular formula is C21H15F2NO2. The van der Waals surface area contributed by atoms with E-state index in [0.717, 1.165) is 6.07 Å². The number of amides is 1. The molecule has 26 heavy (non-hydrogen) atoms. The molecule has 0 bridgehead atoms. The fourth-order valence-corrected chi connectivity index (χ4v) is 3.40. The van der Waals surface area contributed by atoms with E-state index in [1.807, 2.05) is 0 Å². The number of nitrogens with zero attached hydrogens (tertiary/aromatic N) is 1. The first-order valence-electron chi connectivity index (χ1n) is 8.14. The fourth-order valence-electron chi connectivity index (χ4n) is 3.40. The molecule has 1 atom stereocenters. The predicted molar refractivity (Wildman–Crippen MR) is 93.4 cm³/mol. The van der Waals surface area contributed by atoms with Crippen molar-refractivity contribution in [1.82, 2.24) is 0 Å². The van der Waals surface area contributed by atoms with Crippen LogP contribution in [0.25, 0.3) is 0 Å². The van der Waals surface area contributed by atoms with Crippen LogP contribution in [0.15, 0.2) is 72.8 Å². The standard InChI is InChI=1S/C21H15F2NO2/c22-16-7-3-5-14(11-16)13-24-19-10-2-1-9-18(19)21(26,20(24)25)15-6-4-8-17(23)12-15/h1-12,26H,13H2/t21-/m0/s1. The number of benzene rings is 3. The topological polar surface area (TPSA) is 40.5 Å². The third-order valence-corrected chi connectivity index (χ3v) is 4.61. The van der Waals surface area contributed by atoms with Gasteiger partial charge in [-0.15, -0.1) is 0 Å². The molecule has 3 aromatic carbocycles. The molecule has 4 rings (SSSR count). The summed E-state index contributed by atoms with van der Waals surface area (Å²) in [4.78, 5) is 14.5. The van der Waals surface area contributed by atoms with E-state index in [1.165, 1.54) is 35.2 Å². The molecule has 3 aromatic rings. The molecule has 5 heteroatoms. The maximum absolute atomic E-state index is 13.7. The second-order valence-electron chi connectivity index (χ2n) is 6.26. The summed E-state index contributed by atoms with van der Waals surface area (Å²) in [5.74, 6) is -1.53. The molecule has 0 aromatic heterocycles. The number of para-hydroxylation sites is 1. The van der Waals surface area contributed by atoms with Crippen LogP contribution in [0.4, 0.5) is 14.5 Å². The van der Waals surface area contributed by atoms with E-state index in [4.69, 9.17) is 0 Å². The highest BCUT2D eigenvalue weighted by atomic mass is 19.1. The number of rotatable bonds is 3. The van der Waals surface area contributed by atoms with E-state index in [9.17, 15) is 18.7 Å². The molecule has 1 aliphatic rings. The molecule has 0 saturated heterocycles. The Morgan fingerprint density at radius 1 is 0.885 bits per heavy atom. The molecule has 1 aliphatic heterocycles. The first-order valence-corrected chi connectivity index (χ1v) is 8.14. The van der Waals surface area contributed by atoms with Crippen LogP contribution in [0.2, 0.25) is 0 Å². The average Bonchev–Trinajstić information content (AvgIpc) is 2.85. The van der Waals surface area contributed by atoms with Gasteiger partial charge in [-0.3, -0.25) is 4.79 Å². The lowest BCUT2D eigenvalue weighted by Gasteiger charge is -2.24. The van der Waals surface area contributed by atoms with Gasteiger partial charge in [0.05, 0.1) is 12.2 Å². The average molecular weight is 351 g/mol. The number of anilines is 1. The highest BCUT2D eigenvalue weighted by molar-refractivity contribution is 6.09. The number of aliphatic hydroxyl groups is 1. The zero-order valence-electron chi connectivity index (χ0n) is 13.7. The Labute approximate surface area is 149 Å². The Morgan fingerprint density at radius 3 is 2.31 bits per heavy atom. The van der Waals surface area contributed by atoms with Gasteiger partial charge < -0.3 is 10.0 Å². The summed E-state index contributed by atoms with van der Waals surface area (Å²) >= 11 is 0. The lowest BCUT2D eigenvalue weighted by Crippen LogP contribution is -2.41. The number of hydrogen-bond donors (Lipinski definition) is 1. The molecule has 0 aliphatic carbocycles. The minimum absolute atomic E-state index is 0.102. The fraction of sp³-hybridized carbons (Fsp3) is 0.0952.